The SMILES string of the molecule is CCN(C)c1c(NCCCC(C)(C)C)c(=S)c1=O.CCN(CC)c1c(NCCCC(C)(C)C)c(=S)c1=O.CCNc1c(NCCCC(C)(C)C)c(=S)c1=O.CN(C)c1c(NCCCC(C)(C)C)c(=S)c1=O.CNc1c(NCCCC(C)(C)C)c(=S)c1=O. The smallest absolute Gasteiger partial charge is 0.224 e. The zero-order valence-corrected chi connectivity index (χ0v) is 61.9. The summed E-state index contributed by atoms with van der Waals surface area (Å²) in [6, 6.07) is 0. The van der Waals surface area contributed by atoms with Gasteiger partial charge in [-0.2, -0.15) is 0 Å². The Morgan fingerprint density at radius 1 is 0.333 bits per heavy atom. The highest BCUT2D eigenvalue weighted by atomic mass is 32.1. The predicted octanol–water partition coefficient (Wildman–Crippen LogP) is 16.3. The number of nitrogens with zero attached hydrogens (tertiary/aromatic N) is 3. The van der Waals surface area contributed by atoms with Gasteiger partial charge in [0.05, 0.1) is 28.4 Å². The summed E-state index contributed by atoms with van der Waals surface area (Å²) < 4.78 is 2.25. The van der Waals surface area contributed by atoms with E-state index >= 15 is 0 Å². The summed E-state index contributed by atoms with van der Waals surface area (Å²) in [5.41, 5.74) is 9.52. The Hall–Kier alpha value is -4.50. The van der Waals surface area contributed by atoms with Gasteiger partial charge in [0.2, 0.25) is 27.1 Å². The van der Waals surface area contributed by atoms with Crippen molar-refractivity contribution in [2.75, 3.05) is 139 Å². The molecule has 5 rings (SSSR count). The van der Waals surface area contributed by atoms with E-state index in [1.165, 1.54) is 0 Å². The normalized spacial score (nSPS) is 11.8. The molecule has 0 spiro atoms. The topological polar surface area (TPSA) is 179 Å². The molecule has 0 fully saturated rings. The molecule has 0 bridgehead atoms. The van der Waals surface area contributed by atoms with Crippen LogP contribution in [0.15, 0.2) is 24.0 Å². The van der Waals surface area contributed by atoms with Crippen molar-refractivity contribution in [1.29, 1.82) is 0 Å². The second-order valence-corrected chi connectivity index (χ2v) is 30.8. The van der Waals surface area contributed by atoms with E-state index in [0.29, 0.717) is 66.7 Å². The van der Waals surface area contributed by atoms with Crippen molar-refractivity contribution in [2.45, 2.75) is 196 Å². The molecule has 0 aliphatic rings. The van der Waals surface area contributed by atoms with Crippen molar-refractivity contribution in [2.24, 2.45) is 27.1 Å². The maximum atomic E-state index is 11.8. The molecule has 0 unspecified atom stereocenters. The van der Waals surface area contributed by atoms with Crippen LogP contribution >= 0.6 is 61.1 Å². The van der Waals surface area contributed by atoms with Gasteiger partial charge in [0, 0.05) is 87.1 Å². The monoisotopic (exact) mass is 1300 g/mol. The number of anilines is 10. The third-order valence-corrected chi connectivity index (χ3v) is 16.4. The molecule has 20 heteroatoms. The maximum Gasteiger partial charge on any atom is 0.224 e. The van der Waals surface area contributed by atoms with Gasteiger partial charge in [-0.05, 0) is 119 Å². The van der Waals surface area contributed by atoms with Gasteiger partial charge in [0.1, 0.15) is 51.0 Å². The van der Waals surface area contributed by atoms with E-state index in [1.807, 2.05) is 44.8 Å². The molecule has 0 amide bonds. The lowest BCUT2D eigenvalue weighted by Gasteiger charge is -2.26. The summed E-state index contributed by atoms with van der Waals surface area (Å²) in [5.74, 6) is 0. The molecule has 0 atom stereocenters. The summed E-state index contributed by atoms with van der Waals surface area (Å²) in [4.78, 5) is 63.6. The van der Waals surface area contributed by atoms with Gasteiger partial charge >= 0.3 is 0 Å². The zero-order valence-electron chi connectivity index (χ0n) is 57.9. The van der Waals surface area contributed by atoms with Gasteiger partial charge in [0.15, 0.2) is 0 Å². The van der Waals surface area contributed by atoms with E-state index in [9.17, 15) is 24.0 Å². The van der Waals surface area contributed by atoms with Crippen LogP contribution in [0.5, 0.6) is 0 Å². The lowest BCUT2D eigenvalue weighted by molar-refractivity contribution is 0.370. The third kappa shape index (κ3) is 26.9. The van der Waals surface area contributed by atoms with Crippen molar-refractivity contribution in [3.63, 3.8) is 0 Å². The highest BCUT2D eigenvalue weighted by molar-refractivity contribution is 7.72. The minimum absolute atomic E-state index is 0.00710. The first kappa shape index (κ1) is 80.5. The molecular formula is C67H114N10O5S5. The molecule has 0 saturated heterocycles. The van der Waals surface area contributed by atoms with E-state index in [4.69, 9.17) is 61.1 Å². The fourth-order valence-electron chi connectivity index (χ4n) is 9.29. The highest BCUT2D eigenvalue weighted by Crippen LogP contribution is 2.31. The molecule has 0 aliphatic heterocycles. The van der Waals surface area contributed by atoms with Crippen molar-refractivity contribution in [3.05, 3.63) is 73.7 Å². The molecule has 7 N–H and O–H groups in total. The summed E-state index contributed by atoms with van der Waals surface area (Å²) in [5, 5.41) is 22.3. The molecule has 0 heterocycles. The van der Waals surface area contributed by atoms with E-state index in [2.05, 4.69) is 160 Å². The van der Waals surface area contributed by atoms with E-state index in [1.54, 1.807) is 7.05 Å². The third-order valence-electron chi connectivity index (χ3n) is 14.5. The molecule has 5 aromatic rings. The fourth-order valence-corrected chi connectivity index (χ4v) is 10.6. The quantitative estimate of drug-likeness (QED) is 0.0177. The standard InChI is InChI=1S/C15H26N2OS.C14H24N2OS.2C13H22N2OS.C12H20N2OS/c1-6-17(7-2)12-11(14(19)13(12)18)16-10-8-9-15(3,4)5;1-6-16(5)11-10(13(18)12(11)17)15-9-7-8-14(2,3)4;1-13(2,3)7-6-8-14-9-10(15(4)5)11(16)12(9)17;1-5-14-9-10(12(17)11(9)16)15-8-6-7-13(2,3)4;1-12(2,3)6-5-7-14-9-8(13-4)10(15)11(9)16/h16H,6-10H2,1-5H3;15H,6-9H2,1-5H3;14H,6-8H2,1-5H3;14-15H,5-8H2,1-4H3;13-14H,5-7H2,1-4H3. The second kappa shape index (κ2) is 36.4. The molecule has 87 heavy (non-hydrogen) atoms. The first-order valence-corrected chi connectivity index (χ1v) is 33.5. The zero-order chi connectivity index (χ0) is 67.2. The average molecular weight is 1300 g/mol. The lowest BCUT2D eigenvalue weighted by atomic mass is 9.90. The Kier molecular flexibility index (Phi) is 33.7. The summed E-state index contributed by atoms with van der Waals surface area (Å²) in [7, 11) is 7.40. The molecule has 0 radical (unpaired) electrons. The molecule has 0 saturated carbocycles. The van der Waals surface area contributed by atoms with Crippen LogP contribution in [0.25, 0.3) is 0 Å². The fraction of sp³-hybridized carbons (Fsp3) is 0.701. The minimum atomic E-state index is -0.0455. The number of hydrogen-bond acceptors (Lipinski definition) is 20. The molecule has 492 valence electrons. The van der Waals surface area contributed by atoms with Crippen molar-refractivity contribution in [1.82, 2.24) is 0 Å². The summed E-state index contributed by atoms with van der Waals surface area (Å²) in [6.45, 7) is 49.2. The van der Waals surface area contributed by atoms with Gasteiger partial charge in [-0.15, -0.1) is 0 Å². The predicted molar refractivity (Wildman–Crippen MR) is 396 cm³/mol. The number of nitrogens with one attached hydrogen (secondary N) is 7. The second-order valence-electron chi connectivity index (χ2n) is 28.8. The Morgan fingerprint density at radius 2 is 0.598 bits per heavy atom. The van der Waals surface area contributed by atoms with Crippen molar-refractivity contribution >= 4 is 118 Å². The van der Waals surface area contributed by atoms with Crippen LogP contribution in [0, 0.1) is 49.6 Å². The van der Waals surface area contributed by atoms with E-state index < -0.39 is 0 Å². The molecule has 0 aliphatic carbocycles. The van der Waals surface area contributed by atoms with Crippen LogP contribution in [-0.4, -0.2) is 87.1 Å². The first-order valence-electron chi connectivity index (χ1n) is 31.5. The van der Waals surface area contributed by atoms with E-state index in [0.717, 1.165) is 163 Å². The van der Waals surface area contributed by atoms with Gasteiger partial charge in [0.25, 0.3) is 0 Å². The van der Waals surface area contributed by atoms with Gasteiger partial charge < -0.3 is 51.9 Å². The molecule has 0 aromatic heterocycles. The molecule has 5 aromatic carbocycles. The van der Waals surface area contributed by atoms with Gasteiger partial charge in [-0.1, -0.05) is 165 Å². The van der Waals surface area contributed by atoms with Crippen LogP contribution in [0.2, 0.25) is 0 Å². The first-order chi connectivity index (χ1) is 40.1. The van der Waals surface area contributed by atoms with Crippen molar-refractivity contribution < 1.29 is 0 Å². The van der Waals surface area contributed by atoms with Crippen molar-refractivity contribution in [3.8, 4) is 0 Å². The Morgan fingerprint density at radius 3 is 0.885 bits per heavy atom. The van der Waals surface area contributed by atoms with E-state index in [-0.39, 0.29) is 27.1 Å². The number of hydrogen-bond donors (Lipinski definition) is 7. The van der Waals surface area contributed by atoms with Crippen LogP contribution in [0.4, 0.5) is 56.9 Å². The Bertz CT molecular complexity index is 3270. The summed E-state index contributed by atoms with van der Waals surface area (Å²) >= 11 is 25.3. The highest BCUT2D eigenvalue weighted by Gasteiger charge is 2.24. The largest absolute Gasteiger partial charge is 0.383 e. The van der Waals surface area contributed by atoms with Crippen LogP contribution in [-0.2, 0) is 0 Å². The minimum Gasteiger partial charge on any atom is -0.383 e. The molecular weight excluding hydrogens is 1190 g/mol. The Labute approximate surface area is 549 Å². The maximum absolute atomic E-state index is 11.8. The Balaban J connectivity index is 0.000000544. The molecule has 15 nitrogen and oxygen atoms in total. The van der Waals surface area contributed by atoms with Gasteiger partial charge in [-0.25, -0.2) is 0 Å². The number of rotatable bonds is 29. The summed E-state index contributed by atoms with van der Waals surface area (Å²) in [6.07, 6.45) is 11.2. The van der Waals surface area contributed by atoms with Crippen LogP contribution in [0.3, 0.4) is 0 Å². The lowest BCUT2D eigenvalue weighted by Crippen LogP contribution is -2.32. The van der Waals surface area contributed by atoms with Gasteiger partial charge in [-0.3, -0.25) is 24.0 Å². The van der Waals surface area contributed by atoms with Crippen LogP contribution < -0.4 is 79.1 Å². The van der Waals surface area contributed by atoms with Crippen LogP contribution in [0.1, 0.15) is 196 Å². The average Bonchev–Trinajstić information content (AvgIpc) is 1.60.